The molecule has 0 aliphatic heterocycles. The normalized spacial score (nSPS) is 10.6. The van der Waals surface area contributed by atoms with Crippen molar-refractivity contribution < 1.29 is 28.5 Å². The van der Waals surface area contributed by atoms with Gasteiger partial charge in [-0.2, -0.15) is 0 Å². The second kappa shape index (κ2) is 6.68. The fourth-order valence-electron chi connectivity index (χ4n) is 1.94. The highest BCUT2D eigenvalue weighted by molar-refractivity contribution is 9.10. The quantitative estimate of drug-likeness (QED) is 0.402. The van der Waals surface area contributed by atoms with Gasteiger partial charge in [0, 0.05) is 0 Å². The van der Waals surface area contributed by atoms with Crippen molar-refractivity contribution >= 4 is 49.1 Å². The Kier molecular flexibility index (Phi) is 5.39. The molecule has 0 N–H and O–H groups in total. The topological polar surface area (TPSA) is 16.8 Å². The molecule has 0 radical (unpaired) electrons. The molecule has 0 fully saturated rings. The van der Waals surface area contributed by atoms with Crippen LogP contribution in [0.25, 0.3) is 20.8 Å². The maximum atomic E-state index is 6.18. The molecule has 3 rings (SSSR count). The van der Waals surface area contributed by atoms with Crippen LogP contribution in [0.5, 0.6) is 0 Å². The number of aryl methyl sites for hydroxylation is 1. The van der Waals surface area contributed by atoms with Crippen molar-refractivity contribution in [3.63, 3.8) is 0 Å². The van der Waals surface area contributed by atoms with Gasteiger partial charge in [-0.15, -0.1) is 11.3 Å². The van der Waals surface area contributed by atoms with Crippen LogP contribution >= 0.6 is 38.9 Å². The predicted octanol–water partition coefficient (Wildman–Crippen LogP) is 1.69. The van der Waals surface area contributed by atoms with Gasteiger partial charge in [-0.25, -0.2) is 9.55 Å². The Morgan fingerprint density at radius 1 is 1.35 bits per heavy atom. The van der Waals surface area contributed by atoms with Crippen LogP contribution in [0.3, 0.4) is 0 Å². The molecule has 0 atom stereocenters. The van der Waals surface area contributed by atoms with Crippen LogP contribution in [0.15, 0.2) is 41.1 Å². The molecule has 0 bridgehead atoms. The Labute approximate surface area is 152 Å². The standard InChI is InChI=1S/C14H11BrClN2S.HI/c1-2-18-7-9(6-10(15)8-18)14-17-13-11(16)4-3-5-12(13)19-14;/h3-8H,2H2,1H3;1H/q+1;/p-1. The summed E-state index contributed by atoms with van der Waals surface area (Å²) in [7, 11) is 0. The Hall–Kier alpha value is -0.240. The molecular weight excluding hydrogens is 470 g/mol. The van der Waals surface area contributed by atoms with Gasteiger partial charge < -0.3 is 24.0 Å². The number of hydrogen-bond donors (Lipinski definition) is 0. The van der Waals surface area contributed by atoms with Gasteiger partial charge in [-0.05, 0) is 41.1 Å². The molecule has 0 saturated carbocycles. The second-order valence-corrected chi connectivity index (χ2v) is 6.53. The zero-order chi connectivity index (χ0) is 13.4. The molecule has 104 valence electrons. The minimum absolute atomic E-state index is 0. The van der Waals surface area contributed by atoms with E-state index in [0.717, 1.165) is 31.8 Å². The molecule has 20 heavy (non-hydrogen) atoms. The van der Waals surface area contributed by atoms with Crippen LogP contribution in [-0.4, -0.2) is 4.98 Å². The summed E-state index contributed by atoms with van der Waals surface area (Å²) >= 11 is 11.4. The largest absolute Gasteiger partial charge is 1.00 e. The molecular formula is C14H11BrClIN2S. The predicted molar refractivity (Wildman–Crippen MR) is 83.6 cm³/mol. The van der Waals surface area contributed by atoms with Crippen molar-refractivity contribution in [3.8, 4) is 10.6 Å². The summed E-state index contributed by atoms with van der Waals surface area (Å²) in [5, 5.41) is 1.70. The Bertz CT molecular complexity index is 760. The Balaban J connectivity index is 0.00000147. The van der Waals surface area contributed by atoms with E-state index in [-0.39, 0.29) is 24.0 Å². The molecule has 0 aliphatic rings. The number of thiazole rings is 1. The lowest BCUT2D eigenvalue weighted by Gasteiger charge is -1.97. The minimum Gasteiger partial charge on any atom is -1.00 e. The first kappa shape index (κ1) is 16.1. The molecule has 3 aromatic rings. The fraction of sp³-hybridized carbons (Fsp3) is 0.143. The number of halogens is 3. The van der Waals surface area contributed by atoms with Gasteiger partial charge in [0.05, 0.1) is 19.8 Å². The number of para-hydroxylation sites is 1. The third-order valence-electron chi connectivity index (χ3n) is 2.87. The lowest BCUT2D eigenvalue weighted by Crippen LogP contribution is -3.00. The van der Waals surface area contributed by atoms with Gasteiger partial charge in [0.1, 0.15) is 17.1 Å². The SMILES string of the molecule is CC[n+]1cc(Br)cc(-c2nc3c(Cl)cccc3s2)c1.[I-]. The van der Waals surface area contributed by atoms with E-state index in [4.69, 9.17) is 11.6 Å². The first-order valence-corrected chi connectivity index (χ1v) is 7.91. The summed E-state index contributed by atoms with van der Waals surface area (Å²) in [4.78, 5) is 4.65. The summed E-state index contributed by atoms with van der Waals surface area (Å²) < 4.78 is 4.30. The van der Waals surface area contributed by atoms with E-state index < -0.39 is 0 Å². The zero-order valence-electron chi connectivity index (χ0n) is 10.6. The molecule has 0 unspecified atom stereocenters. The molecule has 0 aliphatic carbocycles. The van der Waals surface area contributed by atoms with Crippen LogP contribution in [0.4, 0.5) is 0 Å². The van der Waals surface area contributed by atoms with Crippen molar-refractivity contribution in [2.45, 2.75) is 13.5 Å². The maximum Gasteiger partial charge on any atom is 0.183 e. The van der Waals surface area contributed by atoms with Crippen molar-refractivity contribution in [1.29, 1.82) is 0 Å². The highest BCUT2D eigenvalue weighted by Gasteiger charge is 2.12. The Morgan fingerprint density at radius 3 is 2.85 bits per heavy atom. The van der Waals surface area contributed by atoms with Crippen LogP contribution in [0.2, 0.25) is 5.02 Å². The van der Waals surface area contributed by atoms with Crippen molar-refractivity contribution in [2.24, 2.45) is 0 Å². The lowest BCUT2D eigenvalue weighted by molar-refractivity contribution is -0.693. The average molecular weight is 482 g/mol. The van der Waals surface area contributed by atoms with E-state index in [9.17, 15) is 0 Å². The number of nitrogens with zero attached hydrogens (tertiary/aromatic N) is 2. The summed E-state index contributed by atoms with van der Waals surface area (Å²) in [6.07, 6.45) is 4.17. The summed E-state index contributed by atoms with van der Waals surface area (Å²) in [6.45, 7) is 3.05. The Morgan fingerprint density at radius 2 is 2.15 bits per heavy atom. The summed E-state index contributed by atoms with van der Waals surface area (Å²) in [5.74, 6) is 0. The molecule has 0 spiro atoms. The van der Waals surface area contributed by atoms with E-state index in [1.54, 1.807) is 11.3 Å². The molecule has 0 saturated heterocycles. The first-order valence-electron chi connectivity index (χ1n) is 5.92. The van der Waals surface area contributed by atoms with Gasteiger partial charge >= 0.3 is 0 Å². The summed E-state index contributed by atoms with van der Waals surface area (Å²) in [6, 6.07) is 7.96. The van der Waals surface area contributed by atoms with Crippen LogP contribution in [0, 0.1) is 0 Å². The number of hydrogen-bond acceptors (Lipinski definition) is 2. The zero-order valence-corrected chi connectivity index (χ0v) is 15.9. The minimum atomic E-state index is 0. The highest BCUT2D eigenvalue weighted by Crippen LogP contribution is 2.33. The highest BCUT2D eigenvalue weighted by atomic mass is 127. The molecule has 6 heteroatoms. The van der Waals surface area contributed by atoms with Crippen LogP contribution in [-0.2, 0) is 6.54 Å². The van der Waals surface area contributed by atoms with Gasteiger partial charge in [-0.1, -0.05) is 17.7 Å². The first-order chi connectivity index (χ1) is 9.17. The maximum absolute atomic E-state index is 6.18. The molecule has 2 aromatic heterocycles. The second-order valence-electron chi connectivity index (χ2n) is 4.18. The van der Waals surface area contributed by atoms with E-state index in [0.29, 0.717) is 5.02 Å². The van der Waals surface area contributed by atoms with Gasteiger partial charge in [-0.3, -0.25) is 0 Å². The van der Waals surface area contributed by atoms with Crippen molar-refractivity contribution in [2.75, 3.05) is 0 Å². The lowest BCUT2D eigenvalue weighted by atomic mass is 10.3. The number of benzene rings is 1. The van der Waals surface area contributed by atoms with Crippen LogP contribution < -0.4 is 28.5 Å². The third kappa shape index (κ3) is 3.16. The van der Waals surface area contributed by atoms with E-state index >= 15 is 0 Å². The molecule has 2 nitrogen and oxygen atoms in total. The number of aromatic nitrogens is 2. The summed E-state index contributed by atoms with van der Waals surface area (Å²) in [5.41, 5.74) is 1.99. The van der Waals surface area contributed by atoms with Gasteiger partial charge in [0.2, 0.25) is 0 Å². The molecule has 2 heterocycles. The van der Waals surface area contributed by atoms with E-state index in [1.807, 2.05) is 18.2 Å². The average Bonchev–Trinajstić information content (AvgIpc) is 2.83. The molecule has 1 aromatic carbocycles. The van der Waals surface area contributed by atoms with Crippen LogP contribution in [0.1, 0.15) is 6.92 Å². The third-order valence-corrected chi connectivity index (χ3v) is 4.68. The van der Waals surface area contributed by atoms with E-state index in [2.05, 4.69) is 50.9 Å². The number of rotatable bonds is 2. The van der Waals surface area contributed by atoms with Gasteiger partial charge in [0.15, 0.2) is 12.4 Å². The van der Waals surface area contributed by atoms with Crippen molar-refractivity contribution in [1.82, 2.24) is 4.98 Å². The van der Waals surface area contributed by atoms with E-state index in [1.165, 1.54) is 0 Å². The monoisotopic (exact) mass is 480 g/mol. The van der Waals surface area contributed by atoms with Gasteiger partial charge in [0.25, 0.3) is 0 Å². The smallest absolute Gasteiger partial charge is 0.183 e. The number of fused-ring (bicyclic) bond motifs is 1. The van der Waals surface area contributed by atoms with Crippen molar-refractivity contribution in [3.05, 3.63) is 46.2 Å². The number of pyridine rings is 1. The fourth-order valence-corrected chi connectivity index (χ4v) is 3.69. The molecule has 0 amide bonds.